The Labute approximate surface area is 193 Å². The minimum absolute atomic E-state index is 0.0756. The highest BCUT2D eigenvalue weighted by atomic mass is 16.6. The van der Waals surface area contributed by atoms with Gasteiger partial charge in [0.2, 0.25) is 0 Å². The molecule has 0 saturated carbocycles. The molecule has 0 aliphatic carbocycles. The molecule has 1 N–H and O–H groups in total. The first kappa shape index (κ1) is 23.6. The van der Waals surface area contributed by atoms with Gasteiger partial charge in [-0.2, -0.15) is 0 Å². The van der Waals surface area contributed by atoms with Crippen LogP contribution in [0.15, 0.2) is 78.1 Å². The maximum absolute atomic E-state index is 11.6. The Morgan fingerprint density at radius 2 is 1.70 bits per heavy atom. The maximum Gasteiger partial charge on any atom is 0.339 e. The molecule has 0 bridgehead atoms. The molecule has 6 nitrogen and oxygen atoms in total. The van der Waals surface area contributed by atoms with Gasteiger partial charge in [-0.25, -0.2) is 4.79 Å². The Hall–Kier alpha value is -4.06. The molecular formula is C27H27NO5. The fourth-order valence-corrected chi connectivity index (χ4v) is 3.30. The average molecular weight is 446 g/mol. The van der Waals surface area contributed by atoms with Crippen LogP contribution in [0.1, 0.15) is 33.4 Å². The minimum atomic E-state index is -1.06. The van der Waals surface area contributed by atoms with Crippen LogP contribution in [0.2, 0.25) is 0 Å². The smallest absolute Gasteiger partial charge is 0.339 e. The Balaban J connectivity index is 1.70. The van der Waals surface area contributed by atoms with Crippen molar-refractivity contribution in [1.29, 1.82) is 0 Å². The molecule has 6 heteroatoms. The quantitative estimate of drug-likeness (QED) is 0.193. The zero-order valence-corrected chi connectivity index (χ0v) is 18.9. The van der Waals surface area contributed by atoms with E-state index in [0.717, 1.165) is 33.6 Å². The van der Waals surface area contributed by atoms with E-state index in [2.05, 4.69) is 5.16 Å². The zero-order valence-electron chi connectivity index (χ0n) is 18.9. The SMILES string of the molecule is COC=C(C(=O)O)c1ccccc1COc1cc(C)c(C=NOCc2ccccc2)cc1C. The fourth-order valence-electron chi connectivity index (χ4n) is 3.30. The number of benzene rings is 3. The second-order valence-corrected chi connectivity index (χ2v) is 7.49. The molecule has 0 aromatic heterocycles. The van der Waals surface area contributed by atoms with Crippen molar-refractivity contribution in [3.05, 3.63) is 106 Å². The third-order valence-electron chi connectivity index (χ3n) is 5.06. The van der Waals surface area contributed by atoms with Crippen molar-refractivity contribution >= 4 is 17.8 Å². The minimum Gasteiger partial charge on any atom is -0.503 e. The monoisotopic (exact) mass is 445 g/mol. The topological polar surface area (TPSA) is 77.4 Å². The Morgan fingerprint density at radius 1 is 0.970 bits per heavy atom. The summed E-state index contributed by atoms with van der Waals surface area (Å²) in [6.07, 6.45) is 2.92. The number of rotatable bonds is 10. The van der Waals surface area contributed by atoms with Gasteiger partial charge in [0.25, 0.3) is 0 Å². The number of carboxylic acid groups (broad SMARTS) is 1. The predicted molar refractivity (Wildman–Crippen MR) is 128 cm³/mol. The number of hydrogen-bond acceptors (Lipinski definition) is 5. The molecule has 0 amide bonds. The van der Waals surface area contributed by atoms with E-state index in [4.69, 9.17) is 14.3 Å². The van der Waals surface area contributed by atoms with Crippen LogP contribution in [-0.4, -0.2) is 24.4 Å². The van der Waals surface area contributed by atoms with Crippen molar-refractivity contribution in [2.45, 2.75) is 27.1 Å². The van der Waals surface area contributed by atoms with Gasteiger partial charge in [0.1, 0.15) is 24.5 Å². The molecule has 0 fully saturated rings. The van der Waals surface area contributed by atoms with Crippen molar-refractivity contribution in [3.63, 3.8) is 0 Å². The lowest BCUT2D eigenvalue weighted by Crippen LogP contribution is -2.06. The van der Waals surface area contributed by atoms with Gasteiger partial charge in [0, 0.05) is 0 Å². The van der Waals surface area contributed by atoms with E-state index in [9.17, 15) is 9.90 Å². The Morgan fingerprint density at radius 3 is 2.42 bits per heavy atom. The molecular weight excluding hydrogens is 418 g/mol. The maximum atomic E-state index is 11.6. The first-order chi connectivity index (χ1) is 16.0. The number of nitrogens with zero attached hydrogens (tertiary/aromatic N) is 1. The molecule has 0 atom stereocenters. The van der Waals surface area contributed by atoms with Crippen molar-refractivity contribution in [3.8, 4) is 5.75 Å². The molecule has 3 aromatic rings. The number of oxime groups is 1. The van der Waals surface area contributed by atoms with Gasteiger partial charge in [0.15, 0.2) is 0 Å². The van der Waals surface area contributed by atoms with Gasteiger partial charge in [0.05, 0.1) is 19.6 Å². The largest absolute Gasteiger partial charge is 0.503 e. The number of methoxy groups -OCH3 is 1. The third-order valence-corrected chi connectivity index (χ3v) is 5.06. The number of aliphatic carboxylic acids is 1. The second kappa shape index (κ2) is 11.5. The van der Waals surface area contributed by atoms with Crippen LogP contribution in [-0.2, 0) is 27.6 Å². The number of ether oxygens (including phenoxy) is 2. The summed E-state index contributed by atoms with van der Waals surface area (Å²) < 4.78 is 11.0. The summed E-state index contributed by atoms with van der Waals surface area (Å²) in [6.45, 7) is 4.56. The van der Waals surface area contributed by atoms with Gasteiger partial charge in [-0.3, -0.25) is 0 Å². The van der Waals surface area contributed by atoms with Gasteiger partial charge in [-0.15, -0.1) is 0 Å². The van der Waals surface area contributed by atoms with Crippen LogP contribution in [0.4, 0.5) is 0 Å². The van der Waals surface area contributed by atoms with E-state index >= 15 is 0 Å². The molecule has 0 aliphatic rings. The lowest BCUT2D eigenvalue weighted by molar-refractivity contribution is -0.130. The highest BCUT2D eigenvalue weighted by Gasteiger charge is 2.15. The Bertz CT molecular complexity index is 1150. The number of carboxylic acids is 1. The molecule has 0 aliphatic heterocycles. The molecule has 0 spiro atoms. The highest BCUT2D eigenvalue weighted by Crippen LogP contribution is 2.26. The molecule has 170 valence electrons. The van der Waals surface area contributed by atoms with Crippen molar-refractivity contribution < 1.29 is 24.2 Å². The molecule has 33 heavy (non-hydrogen) atoms. The summed E-state index contributed by atoms with van der Waals surface area (Å²) in [4.78, 5) is 17.0. The number of carbonyl (C=O) groups is 1. The first-order valence-electron chi connectivity index (χ1n) is 10.5. The van der Waals surface area contributed by atoms with Crippen molar-refractivity contribution in [1.82, 2.24) is 0 Å². The summed E-state index contributed by atoms with van der Waals surface area (Å²) in [5, 5.41) is 13.6. The van der Waals surface area contributed by atoms with Gasteiger partial charge in [-0.1, -0.05) is 59.8 Å². The fraction of sp³-hybridized carbons (Fsp3) is 0.185. The first-order valence-corrected chi connectivity index (χ1v) is 10.5. The van der Waals surface area contributed by atoms with E-state index in [0.29, 0.717) is 12.2 Å². The summed E-state index contributed by atoms with van der Waals surface area (Å²) in [6, 6.07) is 21.0. The summed E-state index contributed by atoms with van der Waals surface area (Å²) >= 11 is 0. The van der Waals surface area contributed by atoms with E-state index in [1.165, 1.54) is 13.4 Å². The summed E-state index contributed by atoms with van der Waals surface area (Å²) in [5.74, 6) is -0.341. The molecule has 0 unspecified atom stereocenters. The van der Waals surface area contributed by atoms with Crippen LogP contribution in [0, 0.1) is 13.8 Å². The zero-order chi connectivity index (χ0) is 23.6. The summed E-state index contributed by atoms with van der Waals surface area (Å²) in [7, 11) is 1.42. The predicted octanol–water partition coefficient (Wildman–Crippen LogP) is 5.51. The van der Waals surface area contributed by atoms with Crippen molar-refractivity contribution in [2.24, 2.45) is 5.16 Å². The van der Waals surface area contributed by atoms with E-state index in [1.54, 1.807) is 18.3 Å². The lowest BCUT2D eigenvalue weighted by Gasteiger charge is -2.14. The normalized spacial score (nSPS) is 11.4. The second-order valence-electron chi connectivity index (χ2n) is 7.49. The van der Waals surface area contributed by atoms with Crippen LogP contribution in [0.3, 0.4) is 0 Å². The highest BCUT2D eigenvalue weighted by molar-refractivity contribution is 6.15. The van der Waals surface area contributed by atoms with Gasteiger partial charge >= 0.3 is 5.97 Å². The average Bonchev–Trinajstić information content (AvgIpc) is 2.82. The van der Waals surface area contributed by atoms with Crippen molar-refractivity contribution in [2.75, 3.05) is 7.11 Å². The molecule has 0 radical (unpaired) electrons. The van der Waals surface area contributed by atoms with E-state index in [-0.39, 0.29) is 12.2 Å². The summed E-state index contributed by atoms with van der Waals surface area (Å²) in [5.41, 5.74) is 5.30. The molecule has 3 aromatic carbocycles. The van der Waals surface area contributed by atoms with Crippen LogP contribution in [0.25, 0.3) is 5.57 Å². The van der Waals surface area contributed by atoms with Crippen LogP contribution < -0.4 is 4.74 Å². The number of hydrogen-bond donors (Lipinski definition) is 1. The third kappa shape index (κ3) is 6.46. The Kier molecular flexibility index (Phi) is 8.24. The molecule has 0 saturated heterocycles. The van der Waals surface area contributed by atoms with Crippen LogP contribution >= 0.6 is 0 Å². The van der Waals surface area contributed by atoms with E-state index < -0.39 is 5.97 Å². The van der Waals surface area contributed by atoms with Gasteiger partial charge in [-0.05, 0) is 59.4 Å². The standard InChI is InChI=1S/C27H27NO5/c1-19-14-26(20(2)13-23(19)15-28-33-16-21-9-5-4-6-10-21)32-17-22-11-7-8-12-24(22)25(18-31-3)27(29)30/h4-15,18H,16-17H2,1-3H3,(H,29,30). The number of aryl methyl sites for hydroxylation is 2. The van der Waals surface area contributed by atoms with Gasteiger partial charge < -0.3 is 19.4 Å². The van der Waals surface area contributed by atoms with Crippen LogP contribution in [0.5, 0.6) is 5.75 Å². The molecule has 0 heterocycles. The lowest BCUT2D eigenvalue weighted by atomic mass is 10.0. The molecule has 3 rings (SSSR count). The van der Waals surface area contributed by atoms with E-state index in [1.807, 2.05) is 68.4 Å².